The molecule has 1 saturated heterocycles. The zero-order valence-electron chi connectivity index (χ0n) is 12.7. The minimum atomic E-state index is -0.438. The van der Waals surface area contributed by atoms with Crippen LogP contribution in [0.4, 0.5) is 0 Å². The molecule has 5 nitrogen and oxygen atoms in total. The van der Waals surface area contributed by atoms with Crippen molar-refractivity contribution in [3.63, 3.8) is 0 Å². The topological polar surface area (TPSA) is 62.6 Å². The zero-order valence-corrected chi connectivity index (χ0v) is 12.7. The van der Waals surface area contributed by atoms with Gasteiger partial charge in [-0.15, -0.1) is 0 Å². The molecule has 0 spiro atoms. The number of nitrogens with one attached hydrogen (secondary N) is 1. The van der Waals surface area contributed by atoms with Gasteiger partial charge in [0.05, 0.1) is 6.04 Å². The molecule has 0 radical (unpaired) electrons. The van der Waals surface area contributed by atoms with Crippen LogP contribution in [0.5, 0.6) is 0 Å². The van der Waals surface area contributed by atoms with Crippen molar-refractivity contribution in [2.45, 2.75) is 46.7 Å². The van der Waals surface area contributed by atoms with Crippen LogP contribution in [-0.2, 0) is 9.59 Å². The molecule has 1 aliphatic heterocycles. The Morgan fingerprint density at radius 2 is 1.95 bits per heavy atom. The Labute approximate surface area is 119 Å². The van der Waals surface area contributed by atoms with Crippen molar-refractivity contribution in [1.29, 1.82) is 0 Å². The molecule has 0 bridgehead atoms. The van der Waals surface area contributed by atoms with Crippen molar-refractivity contribution in [3.05, 3.63) is 23.2 Å². The van der Waals surface area contributed by atoms with Crippen molar-refractivity contribution >= 4 is 11.8 Å². The number of hydrogen-bond acceptors (Lipinski definition) is 3. The fourth-order valence-electron chi connectivity index (χ4n) is 2.70. The summed E-state index contributed by atoms with van der Waals surface area (Å²) < 4.78 is 5.52. The molecule has 2 amide bonds. The van der Waals surface area contributed by atoms with Gasteiger partial charge in [0.15, 0.2) is 0 Å². The lowest BCUT2D eigenvalue weighted by atomic mass is 9.98. The van der Waals surface area contributed by atoms with E-state index in [-0.39, 0.29) is 30.3 Å². The lowest BCUT2D eigenvalue weighted by Crippen LogP contribution is -2.60. The van der Waals surface area contributed by atoms with E-state index in [2.05, 4.69) is 5.32 Å². The Hall–Kier alpha value is -1.78. The highest BCUT2D eigenvalue weighted by molar-refractivity contribution is 5.95. The van der Waals surface area contributed by atoms with E-state index in [9.17, 15) is 9.59 Å². The molecule has 2 heterocycles. The fourth-order valence-corrected chi connectivity index (χ4v) is 2.70. The van der Waals surface area contributed by atoms with Crippen molar-refractivity contribution in [2.24, 2.45) is 5.92 Å². The van der Waals surface area contributed by atoms with Crippen LogP contribution in [0.15, 0.2) is 10.5 Å². The van der Waals surface area contributed by atoms with E-state index in [0.717, 1.165) is 17.1 Å². The van der Waals surface area contributed by atoms with Gasteiger partial charge in [0, 0.05) is 5.56 Å². The highest BCUT2D eigenvalue weighted by atomic mass is 16.3. The molecule has 2 rings (SSSR count). The van der Waals surface area contributed by atoms with E-state index in [1.165, 1.54) is 0 Å². The lowest BCUT2D eigenvalue weighted by molar-refractivity contribution is -0.147. The maximum absolute atomic E-state index is 12.5. The van der Waals surface area contributed by atoms with E-state index in [4.69, 9.17) is 4.42 Å². The first-order valence-corrected chi connectivity index (χ1v) is 6.98. The van der Waals surface area contributed by atoms with Crippen molar-refractivity contribution in [2.75, 3.05) is 6.54 Å². The molecule has 110 valence electrons. The Bertz CT molecular complexity index is 533. The molecule has 1 fully saturated rings. The molecular formula is C15H22N2O3. The summed E-state index contributed by atoms with van der Waals surface area (Å²) in [6.07, 6.45) is 0. The largest absolute Gasteiger partial charge is 0.466 e. The third-order valence-electron chi connectivity index (χ3n) is 3.84. The minimum absolute atomic E-state index is 0.0228. The first-order chi connectivity index (χ1) is 9.31. The number of hydrogen-bond donors (Lipinski definition) is 1. The zero-order chi connectivity index (χ0) is 15.0. The van der Waals surface area contributed by atoms with E-state index in [1.54, 1.807) is 4.90 Å². The fraction of sp³-hybridized carbons (Fsp3) is 0.600. The van der Waals surface area contributed by atoms with Gasteiger partial charge in [-0.2, -0.15) is 0 Å². The third kappa shape index (κ3) is 2.57. The van der Waals surface area contributed by atoms with Crippen molar-refractivity contribution in [1.82, 2.24) is 10.2 Å². The average Bonchev–Trinajstić information content (AvgIpc) is 2.69. The number of carbonyl (C=O) groups excluding carboxylic acids is 2. The number of nitrogens with zero attached hydrogens (tertiary/aromatic N) is 1. The first kappa shape index (κ1) is 14.6. The van der Waals surface area contributed by atoms with Gasteiger partial charge in [-0.25, -0.2) is 0 Å². The van der Waals surface area contributed by atoms with Crippen LogP contribution in [0.1, 0.15) is 43.9 Å². The van der Waals surface area contributed by atoms with Crippen LogP contribution >= 0.6 is 0 Å². The molecule has 0 aliphatic carbocycles. The van der Waals surface area contributed by atoms with Crippen LogP contribution in [-0.4, -0.2) is 29.3 Å². The predicted octanol–water partition coefficient (Wildman–Crippen LogP) is 1.94. The Balaban J connectivity index is 2.28. The van der Waals surface area contributed by atoms with Gasteiger partial charge < -0.3 is 14.6 Å². The van der Waals surface area contributed by atoms with Crippen LogP contribution in [0.25, 0.3) is 0 Å². The smallest absolute Gasteiger partial charge is 0.246 e. The molecule has 1 aliphatic rings. The number of rotatable bonds is 3. The predicted molar refractivity (Wildman–Crippen MR) is 75.1 cm³/mol. The number of carbonyl (C=O) groups is 2. The highest BCUT2D eigenvalue weighted by Gasteiger charge is 2.37. The van der Waals surface area contributed by atoms with Crippen LogP contribution in [0.3, 0.4) is 0 Å². The van der Waals surface area contributed by atoms with Crippen molar-refractivity contribution < 1.29 is 14.0 Å². The normalized spacial score (nSPS) is 21.3. The van der Waals surface area contributed by atoms with Gasteiger partial charge in [0.2, 0.25) is 11.8 Å². The quantitative estimate of drug-likeness (QED) is 0.919. The van der Waals surface area contributed by atoms with Gasteiger partial charge in [-0.1, -0.05) is 13.8 Å². The van der Waals surface area contributed by atoms with Gasteiger partial charge in [0.25, 0.3) is 0 Å². The van der Waals surface area contributed by atoms with E-state index >= 15 is 0 Å². The van der Waals surface area contributed by atoms with Crippen LogP contribution < -0.4 is 5.32 Å². The maximum Gasteiger partial charge on any atom is 0.246 e. The molecule has 0 saturated carbocycles. The molecular weight excluding hydrogens is 256 g/mol. The number of aryl methyl sites for hydroxylation is 2. The van der Waals surface area contributed by atoms with Gasteiger partial charge in [-0.3, -0.25) is 9.59 Å². The summed E-state index contributed by atoms with van der Waals surface area (Å²) in [6, 6.07) is 1.34. The number of amides is 2. The molecule has 2 atom stereocenters. The average molecular weight is 278 g/mol. The summed E-state index contributed by atoms with van der Waals surface area (Å²) in [6.45, 7) is 9.67. The highest BCUT2D eigenvalue weighted by Crippen LogP contribution is 2.28. The van der Waals surface area contributed by atoms with Crippen molar-refractivity contribution in [3.8, 4) is 0 Å². The molecule has 5 heteroatoms. The minimum Gasteiger partial charge on any atom is -0.466 e. The standard InChI is InChI=1S/C15H22N2O3/c1-8(2)14-15(19)17(7-13(18)16-14)10(4)12-6-9(3)20-11(12)5/h6,8,10,14H,7H2,1-5H3,(H,16,18). The first-order valence-electron chi connectivity index (χ1n) is 6.98. The molecule has 20 heavy (non-hydrogen) atoms. The van der Waals surface area contributed by atoms with E-state index < -0.39 is 6.04 Å². The Morgan fingerprint density at radius 3 is 2.45 bits per heavy atom. The summed E-state index contributed by atoms with van der Waals surface area (Å²) in [4.78, 5) is 26.0. The van der Waals surface area contributed by atoms with Gasteiger partial charge in [-0.05, 0) is 32.8 Å². The molecule has 1 aromatic rings. The van der Waals surface area contributed by atoms with Gasteiger partial charge in [0.1, 0.15) is 24.1 Å². The summed E-state index contributed by atoms with van der Waals surface area (Å²) in [5, 5.41) is 2.77. The maximum atomic E-state index is 12.5. The van der Waals surface area contributed by atoms with Gasteiger partial charge >= 0.3 is 0 Å². The second-order valence-electron chi connectivity index (χ2n) is 5.80. The Kier molecular flexibility index (Phi) is 3.88. The summed E-state index contributed by atoms with van der Waals surface area (Å²) in [7, 11) is 0. The summed E-state index contributed by atoms with van der Waals surface area (Å²) in [5.74, 6) is 1.57. The monoisotopic (exact) mass is 278 g/mol. The molecule has 2 unspecified atom stereocenters. The second-order valence-corrected chi connectivity index (χ2v) is 5.80. The number of furan rings is 1. The number of piperazine rings is 1. The SMILES string of the molecule is Cc1cc(C(C)N2CC(=O)NC(C(C)C)C2=O)c(C)o1. The van der Waals surface area contributed by atoms with Crippen LogP contribution in [0.2, 0.25) is 0 Å². The summed E-state index contributed by atoms with van der Waals surface area (Å²) in [5.41, 5.74) is 0.966. The lowest BCUT2D eigenvalue weighted by Gasteiger charge is -2.37. The van der Waals surface area contributed by atoms with E-state index in [0.29, 0.717) is 0 Å². The molecule has 0 aromatic carbocycles. The third-order valence-corrected chi connectivity index (χ3v) is 3.84. The molecule has 1 aromatic heterocycles. The Morgan fingerprint density at radius 1 is 1.30 bits per heavy atom. The van der Waals surface area contributed by atoms with Crippen LogP contribution in [0, 0.1) is 19.8 Å². The molecule has 1 N–H and O–H groups in total. The summed E-state index contributed by atoms with van der Waals surface area (Å²) >= 11 is 0. The van der Waals surface area contributed by atoms with E-state index in [1.807, 2.05) is 40.7 Å². The second kappa shape index (κ2) is 5.31.